The molecule has 2 saturated heterocycles. The highest BCUT2D eigenvalue weighted by atomic mass is 32.2. The predicted octanol–water partition coefficient (Wildman–Crippen LogP) is 1.25. The fraction of sp³-hybridized carbons (Fsp3) is 0.364. The van der Waals surface area contributed by atoms with Crippen LogP contribution in [0.15, 0.2) is 53.9 Å². The van der Waals surface area contributed by atoms with Crippen molar-refractivity contribution in [2.24, 2.45) is 5.73 Å². The Morgan fingerprint density at radius 3 is 2.55 bits per heavy atom. The van der Waals surface area contributed by atoms with E-state index in [1.807, 2.05) is 30.1 Å². The van der Waals surface area contributed by atoms with E-state index < -0.39 is 35.2 Å². The monoisotopic (exact) mass is 488 g/mol. The minimum Gasteiger partial charge on any atom is -0.477 e. The van der Waals surface area contributed by atoms with Crippen LogP contribution in [0.3, 0.4) is 0 Å². The van der Waals surface area contributed by atoms with Gasteiger partial charge in [-0.05, 0) is 18.1 Å². The van der Waals surface area contributed by atoms with Gasteiger partial charge in [-0.2, -0.15) is 0 Å². The van der Waals surface area contributed by atoms with Gasteiger partial charge in [0, 0.05) is 17.7 Å². The van der Waals surface area contributed by atoms with Gasteiger partial charge in [-0.15, -0.1) is 23.5 Å². The Morgan fingerprint density at radius 2 is 1.94 bits per heavy atom. The van der Waals surface area contributed by atoms with Crippen LogP contribution in [0.4, 0.5) is 0 Å². The SMILES string of the molecule is CC1=C(C(=O)O)N2C(=O)[C@@H](NC(=O)[C@H](N)c3ccccc3)[C@H]2SC1.O=C1C[C@@H]2SCC=CN12. The van der Waals surface area contributed by atoms with Crippen molar-refractivity contribution >= 4 is 47.2 Å². The van der Waals surface area contributed by atoms with E-state index >= 15 is 0 Å². The molecule has 0 radical (unpaired) electrons. The molecule has 3 amide bonds. The molecule has 174 valence electrons. The summed E-state index contributed by atoms with van der Waals surface area (Å²) in [6, 6.07) is 7.23. The number of fused-ring (bicyclic) bond motifs is 2. The lowest BCUT2D eigenvalue weighted by Gasteiger charge is -2.49. The van der Waals surface area contributed by atoms with Crippen molar-refractivity contribution in [1.82, 2.24) is 15.1 Å². The van der Waals surface area contributed by atoms with Gasteiger partial charge in [0.25, 0.3) is 5.91 Å². The Balaban J connectivity index is 0.000000238. The predicted molar refractivity (Wildman–Crippen MR) is 126 cm³/mol. The molecular formula is C22H24N4O5S2. The van der Waals surface area contributed by atoms with Crippen molar-refractivity contribution in [2.45, 2.75) is 36.2 Å². The van der Waals surface area contributed by atoms with Gasteiger partial charge in [-0.25, -0.2) is 4.79 Å². The number of carboxylic acid groups (broad SMARTS) is 1. The molecule has 0 saturated carbocycles. The second-order valence-electron chi connectivity index (χ2n) is 7.90. The number of aliphatic carboxylic acids is 1. The lowest BCUT2D eigenvalue weighted by Crippen LogP contribution is -2.71. The van der Waals surface area contributed by atoms with Crippen molar-refractivity contribution in [1.29, 1.82) is 0 Å². The molecule has 0 aromatic heterocycles. The Bertz CT molecular complexity index is 1040. The van der Waals surface area contributed by atoms with Crippen LogP contribution in [-0.2, 0) is 19.2 Å². The highest BCUT2D eigenvalue weighted by molar-refractivity contribution is 8.00. The second-order valence-corrected chi connectivity index (χ2v) is 10.2. The summed E-state index contributed by atoms with van der Waals surface area (Å²) in [5, 5.41) is 12.0. The van der Waals surface area contributed by atoms with E-state index in [4.69, 9.17) is 5.73 Å². The van der Waals surface area contributed by atoms with E-state index in [1.54, 1.807) is 36.1 Å². The molecular weight excluding hydrogens is 464 g/mol. The third-order valence-corrected chi connectivity index (χ3v) is 8.29. The van der Waals surface area contributed by atoms with Gasteiger partial charge in [-0.3, -0.25) is 19.3 Å². The van der Waals surface area contributed by atoms with Gasteiger partial charge in [0.2, 0.25) is 11.8 Å². The van der Waals surface area contributed by atoms with Crippen molar-refractivity contribution in [3.63, 3.8) is 0 Å². The summed E-state index contributed by atoms with van der Waals surface area (Å²) in [4.78, 5) is 49.7. The molecule has 4 atom stereocenters. The molecule has 0 bridgehead atoms. The molecule has 9 nitrogen and oxygen atoms in total. The standard InChI is InChI=1S/C16H17N3O4S.C6H7NOS/c1-8-7-24-15-11(14(21)19(15)12(8)16(22)23)18-13(20)10(17)9-5-3-2-4-6-9;8-5-4-6-7(5)2-1-3-9-6/h2-6,10-11,15H,7,17H2,1H3,(H,18,20)(H,22,23);1-2,6H,3-4H2/t10-,11-,15-;6-/m10/s1. The van der Waals surface area contributed by atoms with Crippen LogP contribution in [0.5, 0.6) is 0 Å². The zero-order valence-electron chi connectivity index (χ0n) is 17.8. The third-order valence-electron chi connectivity index (χ3n) is 5.70. The first-order chi connectivity index (χ1) is 15.8. The fourth-order valence-electron chi connectivity index (χ4n) is 3.87. The number of amides is 3. The number of nitrogens with two attached hydrogens (primary N) is 1. The summed E-state index contributed by atoms with van der Waals surface area (Å²) < 4.78 is 0. The normalized spacial score (nSPS) is 26.2. The van der Waals surface area contributed by atoms with Crippen LogP contribution in [-0.4, -0.2) is 66.9 Å². The number of carbonyl (C=O) groups is 4. The summed E-state index contributed by atoms with van der Waals surface area (Å²) >= 11 is 3.27. The number of rotatable bonds is 4. The topological polar surface area (TPSA) is 133 Å². The Kier molecular flexibility index (Phi) is 6.82. The van der Waals surface area contributed by atoms with E-state index in [9.17, 15) is 24.3 Å². The summed E-state index contributed by atoms with van der Waals surface area (Å²) in [7, 11) is 0. The lowest BCUT2D eigenvalue weighted by atomic mass is 10.0. The molecule has 4 aliphatic heterocycles. The van der Waals surface area contributed by atoms with Crippen molar-refractivity contribution in [2.75, 3.05) is 11.5 Å². The Morgan fingerprint density at radius 1 is 1.21 bits per heavy atom. The number of nitrogens with one attached hydrogen (secondary N) is 1. The summed E-state index contributed by atoms with van der Waals surface area (Å²) in [5.74, 6) is -0.164. The smallest absolute Gasteiger partial charge is 0.352 e. The first-order valence-corrected chi connectivity index (χ1v) is 12.5. The molecule has 2 fully saturated rings. The molecule has 1 aromatic rings. The summed E-state index contributed by atoms with van der Waals surface area (Å²) in [5.41, 5.74) is 7.24. The van der Waals surface area contributed by atoms with Crippen LogP contribution < -0.4 is 11.1 Å². The maximum Gasteiger partial charge on any atom is 0.352 e. The zero-order valence-corrected chi connectivity index (χ0v) is 19.5. The van der Waals surface area contributed by atoms with Crippen LogP contribution in [0.1, 0.15) is 24.9 Å². The minimum atomic E-state index is -1.13. The molecule has 0 unspecified atom stereocenters. The zero-order chi connectivity index (χ0) is 23.7. The average molecular weight is 489 g/mol. The number of carboxylic acids is 1. The molecule has 5 rings (SSSR count). The van der Waals surface area contributed by atoms with Crippen LogP contribution in [0.25, 0.3) is 0 Å². The largest absolute Gasteiger partial charge is 0.477 e. The highest BCUT2D eigenvalue weighted by Crippen LogP contribution is 2.40. The molecule has 0 aliphatic carbocycles. The molecule has 4 heterocycles. The number of benzene rings is 1. The van der Waals surface area contributed by atoms with Crippen LogP contribution >= 0.6 is 23.5 Å². The molecule has 0 spiro atoms. The van der Waals surface area contributed by atoms with Gasteiger partial charge < -0.3 is 21.1 Å². The van der Waals surface area contributed by atoms with Crippen molar-refractivity contribution in [3.8, 4) is 0 Å². The molecule has 1 aromatic carbocycles. The van der Waals surface area contributed by atoms with E-state index in [-0.39, 0.29) is 11.6 Å². The molecule has 4 N–H and O–H groups in total. The van der Waals surface area contributed by atoms with Gasteiger partial charge in [0.15, 0.2) is 0 Å². The maximum absolute atomic E-state index is 12.3. The molecule has 4 aliphatic rings. The number of thioether (sulfide) groups is 2. The molecule has 33 heavy (non-hydrogen) atoms. The van der Waals surface area contributed by atoms with E-state index in [0.29, 0.717) is 22.3 Å². The lowest BCUT2D eigenvalue weighted by molar-refractivity contribution is -0.150. The van der Waals surface area contributed by atoms with Gasteiger partial charge >= 0.3 is 5.97 Å². The van der Waals surface area contributed by atoms with Crippen LogP contribution in [0.2, 0.25) is 0 Å². The number of hydrogen-bond donors (Lipinski definition) is 3. The first kappa shape index (κ1) is 23.4. The van der Waals surface area contributed by atoms with Crippen LogP contribution in [0, 0.1) is 0 Å². The number of hydrogen-bond acceptors (Lipinski definition) is 7. The van der Waals surface area contributed by atoms with Crippen molar-refractivity contribution < 1.29 is 24.3 Å². The minimum absolute atomic E-state index is 0.0154. The van der Waals surface area contributed by atoms with Crippen molar-refractivity contribution in [3.05, 3.63) is 59.4 Å². The Hall–Kier alpha value is -2.76. The van der Waals surface area contributed by atoms with Gasteiger partial charge in [0.1, 0.15) is 23.2 Å². The van der Waals surface area contributed by atoms with E-state index in [1.165, 1.54) is 16.7 Å². The summed E-state index contributed by atoms with van der Waals surface area (Å²) in [6.07, 6.45) is 4.67. The van der Waals surface area contributed by atoms with E-state index in [2.05, 4.69) is 5.32 Å². The van der Waals surface area contributed by atoms with Gasteiger partial charge in [0.05, 0.1) is 11.8 Å². The number of nitrogens with zero attached hydrogens (tertiary/aromatic N) is 2. The average Bonchev–Trinajstić information content (AvgIpc) is 2.81. The maximum atomic E-state index is 12.3. The Labute approximate surface area is 199 Å². The fourth-order valence-corrected chi connectivity index (χ4v) is 6.19. The highest BCUT2D eigenvalue weighted by Gasteiger charge is 2.53. The number of β-lactam (4-membered cyclic amide) rings is 2. The van der Waals surface area contributed by atoms with Gasteiger partial charge in [-0.1, -0.05) is 36.4 Å². The number of carbonyl (C=O) groups excluding carboxylic acids is 3. The molecule has 11 heteroatoms. The third kappa shape index (κ3) is 4.53. The summed E-state index contributed by atoms with van der Waals surface area (Å²) in [6.45, 7) is 1.69. The second kappa shape index (κ2) is 9.62. The van der Waals surface area contributed by atoms with E-state index in [0.717, 1.165) is 12.2 Å². The quantitative estimate of drug-likeness (QED) is 0.540. The first-order valence-electron chi connectivity index (χ1n) is 10.4.